The molecule has 106 valence electrons. The highest BCUT2D eigenvalue weighted by Gasteiger charge is 2.13. The van der Waals surface area contributed by atoms with Crippen LogP contribution in [0.2, 0.25) is 0 Å². The Hall–Kier alpha value is -2.71. The number of rotatable bonds is 2. The number of nitrogens with zero attached hydrogens (tertiary/aromatic N) is 1. The number of anilines is 1. The van der Waals surface area contributed by atoms with Crippen molar-refractivity contribution in [2.45, 2.75) is 6.92 Å². The lowest BCUT2D eigenvalue weighted by Crippen LogP contribution is -2.16. The Kier molecular flexibility index (Phi) is 4.64. The van der Waals surface area contributed by atoms with E-state index in [0.29, 0.717) is 5.56 Å². The minimum Gasteiger partial charge on any atom is -0.320 e. The van der Waals surface area contributed by atoms with E-state index in [4.69, 9.17) is 5.73 Å². The number of aryl methyl sites for hydroxylation is 1. The predicted octanol–water partition coefficient (Wildman–Crippen LogP) is 2.09. The minimum atomic E-state index is -0.513. The predicted molar refractivity (Wildman–Crippen MR) is 79.3 cm³/mol. The number of nitrogens with two attached hydrogens (primary N) is 1. The van der Waals surface area contributed by atoms with Gasteiger partial charge in [0.25, 0.3) is 5.91 Å². The molecule has 4 nitrogen and oxygen atoms in total. The molecule has 1 amide bonds. The van der Waals surface area contributed by atoms with Crippen LogP contribution in [0.4, 0.5) is 10.1 Å². The molecule has 1 aromatic heterocycles. The molecule has 21 heavy (non-hydrogen) atoms. The first-order valence-electron chi connectivity index (χ1n) is 6.33. The van der Waals surface area contributed by atoms with Crippen LogP contribution in [-0.4, -0.2) is 17.4 Å². The second-order valence-electron chi connectivity index (χ2n) is 4.34. The number of halogens is 1. The lowest BCUT2D eigenvalue weighted by Gasteiger charge is -2.08. The summed E-state index contributed by atoms with van der Waals surface area (Å²) in [6.45, 7) is 2.00. The topological polar surface area (TPSA) is 68.0 Å². The molecule has 3 N–H and O–H groups in total. The number of amides is 1. The van der Waals surface area contributed by atoms with E-state index in [0.717, 1.165) is 5.56 Å². The van der Waals surface area contributed by atoms with Gasteiger partial charge in [0.15, 0.2) is 0 Å². The van der Waals surface area contributed by atoms with Gasteiger partial charge in [0.05, 0.1) is 17.8 Å². The SMILES string of the molecule is Cc1ccc(F)c(NC(=O)c2ncccc2C#CCN)c1. The van der Waals surface area contributed by atoms with Gasteiger partial charge in [0, 0.05) is 6.20 Å². The monoisotopic (exact) mass is 283 g/mol. The van der Waals surface area contributed by atoms with Gasteiger partial charge >= 0.3 is 0 Å². The van der Waals surface area contributed by atoms with Crippen LogP contribution < -0.4 is 11.1 Å². The van der Waals surface area contributed by atoms with Gasteiger partial charge in [0.2, 0.25) is 0 Å². The third-order valence-corrected chi connectivity index (χ3v) is 2.72. The fourth-order valence-electron chi connectivity index (χ4n) is 1.75. The third kappa shape index (κ3) is 3.65. The van der Waals surface area contributed by atoms with E-state index in [-0.39, 0.29) is 17.9 Å². The first-order chi connectivity index (χ1) is 10.1. The van der Waals surface area contributed by atoms with Gasteiger partial charge < -0.3 is 11.1 Å². The summed E-state index contributed by atoms with van der Waals surface area (Å²) in [4.78, 5) is 16.2. The summed E-state index contributed by atoms with van der Waals surface area (Å²) in [5.41, 5.74) is 6.87. The molecule has 5 heteroatoms. The summed E-state index contributed by atoms with van der Waals surface area (Å²) in [6.07, 6.45) is 1.48. The second-order valence-corrected chi connectivity index (χ2v) is 4.34. The number of nitrogens with one attached hydrogen (secondary N) is 1. The summed E-state index contributed by atoms with van der Waals surface area (Å²) < 4.78 is 13.7. The third-order valence-electron chi connectivity index (χ3n) is 2.72. The number of carbonyl (C=O) groups is 1. The lowest BCUT2D eigenvalue weighted by atomic mass is 10.1. The standard InChI is InChI=1S/C16H14FN3O/c1-11-6-7-13(17)14(10-11)20-16(21)15-12(4-2-8-18)5-3-9-19-15/h3,5-7,9-10H,8,18H2,1H3,(H,20,21). The van der Waals surface area contributed by atoms with Crippen molar-refractivity contribution in [1.82, 2.24) is 4.98 Å². The van der Waals surface area contributed by atoms with Crippen LogP contribution in [0.1, 0.15) is 21.6 Å². The Morgan fingerprint density at radius 1 is 1.43 bits per heavy atom. The molecule has 1 aromatic carbocycles. The molecular formula is C16H14FN3O. The van der Waals surface area contributed by atoms with Crippen LogP contribution in [-0.2, 0) is 0 Å². The largest absolute Gasteiger partial charge is 0.320 e. The van der Waals surface area contributed by atoms with E-state index in [1.807, 2.05) is 6.92 Å². The van der Waals surface area contributed by atoms with Crippen LogP contribution in [0.5, 0.6) is 0 Å². The molecule has 0 bridgehead atoms. The van der Waals surface area contributed by atoms with Crippen molar-refractivity contribution in [2.75, 3.05) is 11.9 Å². The number of pyridine rings is 1. The zero-order chi connectivity index (χ0) is 15.2. The molecule has 0 spiro atoms. The van der Waals surface area contributed by atoms with Crippen molar-refractivity contribution < 1.29 is 9.18 Å². The Morgan fingerprint density at radius 2 is 2.24 bits per heavy atom. The van der Waals surface area contributed by atoms with Crippen molar-refractivity contribution in [3.8, 4) is 11.8 Å². The van der Waals surface area contributed by atoms with Gasteiger partial charge in [-0.2, -0.15) is 0 Å². The van der Waals surface area contributed by atoms with Crippen LogP contribution in [0.3, 0.4) is 0 Å². The first kappa shape index (κ1) is 14.7. The highest BCUT2D eigenvalue weighted by atomic mass is 19.1. The molecular weight excluding hydrogens is 269 g/mol. The van der Waals surface area contributed by atoms with Crippen molar-refractivity contribution in [1.29, 1.82) is 0 Å². The van der Waals surface area contributed by atoms with Gasteiger partial charge in [-0.25, -0.2) is 9.37 Å². The molecule has 0 atom stereocenters. The van der Waals surface area contributed by atoms with Crippen LogP contribution in [0.25, 0.3) is 0 Å². The Bertz CT molecular complexity index is 732. The maximum Gasteiger partial charge on any atom is 0.275 e. The van der Waals surface area contributed by atoms with E-state index >= 15 is 0 Å². The number of hydrogen-bond acceptors (Lipinski definition) is 3. The maximum atomic E-state index is 13.7. The molecule has 0 aliphatic rings. The highest BCUT2D eigenvalue weighted by molar-refractivity contribution is 6.04. The average Bonchev–Trinajstić information content (AvgIpc) is 2.49. The quantitative estimate of drug-likeness (QED) is 0.829. The maximum absolute atomic E-state index is 13.7. The van der Waals surface area contributed by atoms with Crippen molar-refractivity contribution in [3.05, 3.63) is 59.2 Å². The molecule has 2 aromatic rings. The number of aromatic nitrogens is 1. The zero-order valence-electron chi connectivity index (χ0n) is 11.5. The summed E-state index contributed by atoms with van der Waals surface area (Å²) in [6, 6.07) is 7.82. The minimum absolute atomic E-state index is 0.114. The first-order valence-corrected chi connectivity index (χ1v) is 6.33. The second kappa shape index (κ2) is 6.64. The normalized spacial score (nSPS) is 9.67. The van der Waals surface area contributed by atoms with Crippen molar-refractivity contribution in [3.63, 3.8) is 0 Å². The number of hydrogen-bond donors (Lipinski definition) is 2. The molecule has 0 aliphatic heterocycles. The summed E-state index contributed by atoms with van der Waals surface area (Å²) in [5.74, 6) is 4.43. The molecule has 0 unspecified atom stereocenters. The average molecular weight is 283 g/mol. The van der Waals surface area contributed by atoms with E-state index in [1.165, 1.54) is 12.3 Å². The highest BCUT2D eigenvalue weighted by Crippen LogP contribution is 2.17. The van der Waals surface area contributed by atoms with E-state index in [1.54, 1.807) is 24.3 Å². The molecule has 0 saturated carbocycles. The number of carbonyl (C=O) groups excluding carboxylic acids is 1. The summed E-state index contributed by atoms with van der Waals surface area (Å²) in [7, 11) is 0. The van der Waals surface area contributed by atoms with Gasteiger partial charge in [-0.05, 0) is 36.8 Å². The lowest BCUT2D eigenvalue weighted by molar-refractivity contribution is 0.102. The smallest absolute Gasteiger partial charge is 0.275 e. The van der Waals surface area contributed by atoms with Gasteiger partial charge in [0.1, 0.15) is 11.5 Å². The Balaban J connectivity index is 2.31. The van der Waals surface area contributed by atoms with E-state index in [2.05, 4.69) is 22.1 Å². The fraction of sp³-hybridized carbons (Fsp3) is 0.125. The summed E-state index contributed by atoms with van der Waals surface area (Å²) >= 11 is 0. The van der Waals surface area contributed by atoms with Crippen LogP contribution in [0.15, 0.2) is 36.5 Å². The molecule has 1 heterocycles. The van der Waals surface area contributed by atoms with Crippen molar-refractivity contribution >= 4 is 11.6 Å². The fourth-order valence-corrected chi connectivity index (χ4v) is 1.75. The van der Waals surface area contributed by atoms with E-state index < -0.39 is 11.7 Å². The van der Waals surface area contributed by atoms with E-state index in [9.17, 15) is 9.18 Å². The molecule has 2 rings (SSSR count). The molecule has 0 fully saturated rings. The molecule has 0 saturated heterocycles. The number of benzene rings is 1. The zero-order valence-corrected chi connectivity index (χ0v) is 11.5. The van der Waals surface area contributed by atoms with Crippen LogP contribution >= 0.6 is 0 Å². The Morgan fingerprint density at radius 3 is 3.00 bits per heavy atom. The van der Waals surface area contributed by atoms with Crippen molar-refractivity contribution in [2.24, 2.45) is 5.73 Å². The molecule has 0 radical (unpaired) electrons. The van der Waals surface area contributed by atoms with Crippen LogP contribution in [0, 0.1) is 24.6 Å². The molecule has 0 aliphatic carbocycles. The van der Waals surface area contributed by atoms with Gasteiger partial charge in [-0.1, -0.05) is 17.9 Å². The Labute approximate surface area is 122 Å². The van der Waals surface area contributed by atoms with Gasteiger partial charge in [-0.15, -0.1) is 0 Å². The van der Waals surface area contributed by atoms with Gasteiger partial charge in [-0.3, -0.25) is 4.79 Å². The summed E-state index contributed by atoms with van der Waals surface area (Å²) in [5, 5.41) is 2.51.